The molecule has 9 heteroatoms. The molecular weight excluding hydrogens is 422 g/mol. The van der Waals surface area contributed by atoms with Gasteiger partial charge in [-0.05, 0) is 25.1 Å². The number of pyridine rings is 1. The van der Waals surface area contributed by atoms with E-state index < -0.39 is 0 Å². The highest BCUT2D eigenvalue weighted by Crippen LogP contribution is 2.33. The Bertz CT molecular complexity index is 1160. The zero-order chi connectivity index (χ0) is 23.4. The molecule has 0 radical (unpaired) electrons. The van der Waals surface area contributed by atoms with Gasteiger partial charge in [0, 0.05) is 67.8 Å². The fraction of sp³-hybridized carbons (Fsp3) is 0.333. The first kappa shape index (κ1) is 22.5. The number of nitrogens with zero attached hydrogens (tertiary/aromatic N) is 4. The zero-order valence-electron chi connectivity index (χ0n) is 18.7. The average molecular weight is 450 g/mol. The van der Waals surface area contributed by atoms with Crippen LogP contribution in [-0.4, -0.2) is 60.0 Å². The summed E-state index contributed by atoms with van der Waals surface area (Å²) in [4.78, 5) is 32.2. The van der Waals surface area contributed by atoms with E-state index in [1.807, 2.05) is 37.3 Å². The first-order valence-electron chi connectivity index (χ1n) is 10.9. The number of rotatable bonds is 7. The van der Waals surface area contributed by atoms with E-state index in [9.17, 15) is 14.9 Å². The van der Waals surface area contributed by atoms with Crippen molar-refractivity contribution < 1.29 is 14.5 Å². The van der Waals surface area contributed by atoms with Crippen LogP contribution in [0.3, 0.4) is 0 Å². The molecule has 1 amide bonds. The Morgan fingerprint density at radius 2 is 1.91 bits per heavy atom. The normalized spacial score (nSPS) is 15.3. The molecule has 0 saturated carbocycles. The van der Waals surface area contributed by atoms with E-state index in [0.717, 1.165) is 35.5 Å². The molecule has 0 spiro atoms. The molecular formula is C24H27N5O4. The molecule has 1 atom stereocenters. The second-order valence-electron chi connectivity index (χ2n) is 8.01. The largest absolute Gasteiger partial charge is 0.496 e. The smallest absolute Gasteiger partial charge is 0.278 e. The van der Waals surface area contributed by atoms with E-state index in [2.05, 4.69) is 20.1 Å². The summed E-state index contributed by atoms with van der Waals surface area (Å²) in [6.07, 6.45) is 3.20. The molecule has 1 aliphatic rings. The molecule has 1 aliphatic heterocycles. The van der Waals surface area contributed by atoms with Gasteiger partial charge in [0.25, 0.3) is 5.69 Å². The predicted octanol–water partition coefficient (Wildman–Crippen LogP) is 2.98. The summed E-state index contributed by atoms with van der Waals surface area (Å²) in [7, 11) is 1.62. The minimum atomic E-state index is -0.378. The standard InChI is InChI=1S/C24H27N5O4/c1-17(24(30)26-15-18-5-3-4-6-23(18)33-2)27-11-13-28(14-12-27)21-7-8-22(29(31)32)20-16-25-10-9-19(20)21/h3-10,16-17H,11-15H2,1-2H3,(H,26,30)/t17-/m1/s1. The van der Waals surface area contributed by atoms with Gasteiger partial charge in [0.1, 0.15) is 5.75 Å². The van der Waals surface area contributed by atoms with Gasteiger partial charge in [-0.15, -0.1) is 0 Å². The van der Waals surface area contributed by atoms with Crippen molar-refractivity contribution in [3.8, 4) is 5.75 Å². The van der Waals surface area contributed by atoms with Gasteiger partial charge in [-0.1, -0.05) is 18.2 Å². The van der Waals surface area contributed by atoms with Gasteiger partial charge >= 0.3 is 0 Å². The molecule has 4 rings (SSSR count). The first-order valence-corrected chi connectivity index (χ1v) is 10.9. The minimum Gasteiger partial charge on any atom is -0.496 e. The zero-order valence-corrected chi connectivity index (χ0v) is 18.7. The van der Waals surface area contributed by atoms with Crippen LogP contribution in [0.2, 0.25) is 0 Å². The molecule has 0 aliphatic carbocycles. The van der Waals surface area contributed by atoms with Gasteiger partial charge in [-0.25, -0.2) is 0 Å². The number of carbonyl (C=O) groups excluding carboxylic acids is 1. The molecule has 0 bridgehead atoms. The van der Waals surface area contributed by atoms with Gasteiger partial charge in [0.15, 0.2) is 0 Å². The van der Waals surface area contributed by atoms with Gasteiger partial charge in [0.05, 0.1) is 23.5 Å². The quantitative estimate of drug-likeness (QED) is 0.437. The summed E-state index contributed by atoms with van der Waals surface area (Å²) in [6, 6.07) is 12.5. The van der Waals surface area contributed by atoms with Crippen LogP contribution in [-0.2, 0) is 11.3 Å². The molecule has 2 heterocycles. The maximum atomic E-state index is 12.8. The number of nitro benzene ring substituents is 1. The summed E-state index contributed by atoms with van der Waals surface area (Å²) < 4.78 is 5.35. The van der Waals surface area contributed by atoms with Gasteiger partial charge in [-0.3, -0.25) is 24.8 Å². The monoisotopic (exact) mass is 449 g/mol. The second-order valence-corrected chi connectivity index (χ2v) is 8.01. The van der Waals surface area contributed by atoms with Crippen molar-refractivity contribution in [1.82, 2.24) is 15.2 Å². The molecule has 1 fully saturated rings. The number of anilines is 1. The Morgan fingerprint density at radius 1 is 1.15 bits per heavy atom. The number of piperazine rings is 1. The number of fused-ring (bicyclic) bond motifs is 1. The van der Waals surface area contributed by atoms with Crippen molar-refractivity contribution in [1.29, 1.82) is 0 Å². The van der Waals surface area contributed by atoms with Crippen molar-refractivity contribution in [3.05, 3.63) is 70.5 Å². The highest BCUT2D eigenvalue weighted by molar-refractivity contribution is 5.99. The Labute approximate surface area is 192 Å². The number of methoxy groups -OCH3 is 1. The van der Waals surface area contributed by atoms with Crippen LogP contribution in [0, 0.1) is 10.1 Å². The molecule has 33 heavy (non-hydrogen) atoms. The lowest BCUT2D eigenvalue weighted by Gasteiger charge is -2.39. The molecule has 2 aromatic carbocycles. The lowest BCUT2D eigenvalue weighted by atomic mass is 10.1. The highest BCUT2D eigenvalue weighted by atomic mass is 16.6. The SMILES string of the molecule is COc1ccccc1CNC(=O)[C@@H](C)N1CCN(c2ccc([N+](=O)[O-])c3cnccc23)CC1. The van der Waals surface area contributed by atoms with Gasteiger partial charge in [-0.2, -0.15) is 0 Å². The van der Waals surface area contributed by atoms with E-state index >= 15 is 0 Å². The van der Waals surface area contributed by atoms with Crippen molar-refractivity contribution in [3.63, 3.8) is 0 Å². The van der Waals surface area contributed by atoms with E-state index in [1.165, 1.54) is 0 Å². The van der Waals surface area contributed by atoms with Gasteiger partial charge in [0.2, 0.25) is 5.91 Å². The van der Waals surface area contributed by atoms with Crippen LogP contribution in [0.4, 0.5) is 11.4 Å². The number of amides is 1. The van der Waals surface area contributed by atoms with Crippen molar-refractivity contribution in [2.75, 3.05) is 38.2 Å². The maximum absolute atomic E-state index is 12.8. The Kier molecular flexibility index (Phi) is 6.69. The molecule has 1 aromatic heterocycles. The number of para-hydroxylation sites is 1. The maximum Gasteiger partial charge on any atom is 0.278 e. The van der Waals surface area contributed by atoms with Crippen LogP contribution in [0.5, 0.6) is 5.75 Å². The van der Waals surface area contributed by atoms with Crippen molar-refractivity contribution in [2.45, 2.75) is 19.5 Å². The number of benzene rings is 2. The Morgan fingerprint density at radius 3 is 2.64 bits per heavy atom. The van der Waals surface area contributed by atoms with Crippen LogP contribution >= 0.6 is 0 Å². The Hall–Kier alpha value is -3.72. The summed E-state index contributed by atoms with van der Waals surface area (Å²) in [5.41, 5.74) is 1.94. The number of ether oxygens (including phenoxy) is 1. The van der Waals surface area contributed by atoms with Crippen LogP contribution < -0.4 is 15.0 Å². The average Bonchev–Trinajstić information content (AvgIpc) is 2.86. The first-order chi connectivity index (χ1) is 16.0. The number of hydrogen-bond donors (Lipinski definition) is 1. The molecule has 0 unspecified atom stereocenters. The fourth-order valence-electron chi connectivity index (χ4n) is 4.29. The highest BCUT2D eigenvalue weighted by Gasteiger charge is 2.27. The van der Waals surface area contributed by atoms with E-state index in [1.54, 1.807) is 31.6 Å². The summed E-state index contributed by atoms with van der Waals surface area (Å²) in [6.45, 7) is 5.20. The van der Waals surface area contributed by atoms with Gasteiger partial charge < -0.3 is 15.0 Å². The number of hydrogen-bond acceptors (Lipinski definition) is 7. The number of aromatic nitrogens is 1. The third kappa shape index (κ3) is 4.73. The number of non-ortho nitro benzene ring substituents is 1. The van der Waals surface area contributed by atoms with Crippen LogP contribution in [0.15, 0.2) is 54.9 Å². The lowest BCUT2D eigenvalue weighted by molar-refractivity contribution is -0.383. The summed E-state index contributed by atoms with van der Waals surface area (Å²) >= 11 is 0. The topological polar surface area (TPSA) is 101 Å². The number of nitro groups is 1. The molecule has 172 valence electrons. The molecule has 1 saturated heterocycles. The molecule has 9 nitrogen and oxygen atoms in total. The number of nitrogens with one attached hydrogen (secondary N) is 1. The minimum absolute atomic E-state index is 0.0267. The predicted molar refractivity (Wildman–Crippen MR) is 126 cm³/mol. The summed E-state index contributed by atoms with van der Waals surface area (Å²) in [5.74, 6) is 0.728. The van der Waals surface area contributed by atoms with Crippen molar-refractivity contribution >= 4 is 28.1 Å². The van der Waals surface area contributed by atoms with E-state index in [0.29, 0.717) is 25.0 Å². The fourth-order valence-corrected chi connectivity index (χ4v) is 4.29. The van der Waals surface area contributed by atoms with Crippen molar-refractivity contribution in [2.24, 2.45) is 0 Å². The van der Waals surface area contributed by atoms with Crippen LogP contribution in [0.25, 0.3) is 10.8 Å². The third-order valence-electron chi connectivity index (χ3n) is 6.20. The lowest BCUT2D eigenvalue weighted by Crippen LogP contribution is -2.53. The van der Waals surface area contributed by atoms with Crippen LogP contribution in [0.1, 0.15) is 12.5 Å². The molecule has 1 N–H and O–H groups in total. The third-order valence-corrected chi connectivity index (χ3v) is 6.20. The number of carbonyl (C=O) groups is 1. The van der Waals surface area contributed by atoms with E-state index in [4.69, 9.17) is 4.74 Å². The molecule has 3 aromatic rings. The van der Waals surface area contributed by atoms with E-state index in [-0.39, 0.29) is 22.6 Å². The second kappa shape index (κ2) is 9.83. The Balaban J connectivity index is 1.39. The summed E-state index contributed by atoms with van der Waals surface area (Å²) in [5, 5.41) is 15.7.